The van der Waals surface area contributed by atoms with E-state index in [0.29, 0.717) is 30.3 Å². The molecule has 8 heteroatoms. The van der Waals surface area contributed by atoms with Crippen LogP contribution in [0.3, 0.4) is 0 Å². The van der Waals surface area contributed by atoms with E-state index in [1.165, 1.54) is 12.1 Å². The Morgan fingerprint density at radius 2 is 1.39 bits per heavy atom. The number of hydrogen-bond donors (Lipinski definition) is 0. The van der Waals surface area contributed by atoms with E-state index in [9.17, 15) is 30.7 Å². The zero-order valence-corrected chi connectivity index (χ0v) is 15.9. The van der Waals surface area contributed by atoms with Crippen LogP contribution in [0.15, 0.2) is 48.5 Å². The van der Waals surface area contributed by atoms with Gasteiger partial charge in [0.15, 0.2) is 11.6 Å². The zero-order valence-electron chi connectivity index (χ0n) is 15.9. The summed E-state index contributed by atoms with van der Waals surface area (Å²) in [5.74, 6) is -7.43. The standard InChI is InChI=1S/C23H15F7O/c24-17-7-5-15(11-19(17)26)31-23(29,30)22-20(27)9-14(10-21(22)28)16-6-4-13(8-18(16)25)12-2-1-3-12/h4-12H,1-3H2. The first kappa shape index (κ1) is 21.2. The van der Waals surface area contributed by atoms with Crippen molar-refractivity contribution in [2.24, 2.45) is 0 Å². The Morgan fingerprint density at radius 1 is 0.710 bits per heavy atom. The summed E-state index contributed by atoms with van der Waals surface area (Å²) in [6, 6.07) is 6.97. The maximum atomic E-state index is 14.5. The SMILES string of the molecule is Fc1ccc(OC(F)(F)c2c(F)cc(-c3ccc(C4CCC4)cc3F)cc2F)cc1F. The summed E-state index contributed by atoms with van der Waals surface area (Å²) in [4.78, 5) is 0. The van der Waals surface area contributed by atoms with Crippen molar-refractivity contribution in [3.05, 3.63) is 88.7 Å². The molecule has 0 unspecified atom stereocenters. The highest BCUT2D eigenvalue weighted by molar-refractivity contribution is 5.65. The molecule has 1 aliphatic rings. The van der Waals surface area contributed by atoms with Crippen molar-refractivity contribution < 1.29 is 35.5 Å². The third kappa shape index (κ3) is 4.11. The van der Waals surface area contributed by atoms with Gasteiger partial charge in [-0.15, -0.1) is 0 Å². The van der Waals surface area contributed by atoms with Gasteiger partial charge in [0, 0.05) is 11.6 Å². The van der Waals surface area contributed by atoms with Gasteiger partial charge in [0.2, 0.25) is 0 Å². The van der Waals surface area contributed by atoms with Crippen LogP contribution in [0, 0.1) is 29.1 Å². The summed E-state index contributed by atoms with van der Waals surface area (Å²) >= 11 is 0. The summed E-state index contributed by atoms with van der Waals surface area (Å²) in [5, 5.41) is 0. The lowest BCUT2D eigenvalue weighted by Crippen LogP contribution is -2.25. The molecule has 0 radical (unpaired) electrons. The molecule has 31 heavy (non-hydrogen) atoms. The van der Waals surface area contributed by atoms with Crippen molar-refractivity contribution in [2.45, 2.75) is 31.3 Å². The minimum atomic E-state index is -4.54. The number of hydrogen-bond acceptors (Lipinski definition) is 1. The molecule has 0 aromatic heterocycles. The van der Waals surface area contributed by atoms with E-state index in [0.717, 1.165) is 24.8 Å². The van der Waals surface area contributed by atoms with Crippen LogP contribution < -0.4 is 4.74 Å². The van der Waals surface area contributed by atoms with Crippen LogP contribution in [0.2, 0.25) is 0 Å². The molecule has 162 valence electrons. The molecule has 4 rings (SSSR count). The summed E-state index contributed by atoms with van der Waals surface area (Å²) < 4.78 is 103. The average Bonchev–Trinajstić information content (AvgIpc) is 2.62. The molecule has 1 saturated carbocycles. The van der Waals surface area contributed by atoms with Crippen LogP contribution in [0.1, 0.15) is 36.3 Å². The molecule has 0 bridgehead atoms. The van der Waals surface area contributed by atoms with Crippen molar-refractivity contribution in [3.63, 3.8) is 0 Å². The Balaban J connectivity index is 1.65. The maximum absolute atomic E-state index is 14.5. The van der Waals surface area contributed by atoms with E-state index >= 15 is 0 Å². The number of benzene rings is 3. The Labute approximate surface area is 173 Å². The lowest BCUT2D eigenvalue weighted by atomic mass is 9.79. The molecular formula is C23H15F7O. The summed E-state index contributed by atoms with van der Waals surface area (Å²) in [6.45, 7) is 0. The third-order valence-corrected chi connectivity index (χ3v) is 5.35. The van der Waals surface area contributed by atoms with Gasteiger partial charge in [0.25, 0.3) is 0 Å². The third-order valence-electron chi connectivity index (χ3n) is 5.35. The fraction of sp³-hybridized carbons (Fsp3) is 0.217. The van der Waals surface area contributed by atoms with Crippen LogP contribution in [0.4, 0.5) is 30.7 Å². The molecule has 0 atom stereocenters. The van der Waals surface area contributed by atoms with Crippen molar-refractivity contribution in [2.75, 3.05) is 0 Å². The van der Waals surface area contributed by atoms with Crippen molar-refractivity contribution in [1.29, 1.82) is 0 Å². The van der Waals surface area contributed by atoms with Gasteiger partial charge in [0.1, 0.15) is 28.8 Å². The molecule has 1 nitrogen and oxygen atoms in total. The quantitative estimate of drug-likeness (QED) is 0.375. The molecule has 0 aliphatic heterocycles. The van der Waals surface area contributed by atoms with Crippen LogP contribution in [0.25, 0.3) is 11.1 Å². The fourth-order valence-corrected chi connectivity index (χ4v) is 3.51. The Morgan fingerprint density at radius 3 is 1.94 bits per heavy atom. The molecule has 0 heterocycles. The van der Waals surface area contributed by atoms with Crippen molar-refractivity contribution >= 4 is 0 Å². The molecule has 0 amide bonds. The normalized spacial score (nSPS) is 14.4. The second kappa shape index (κ2) is 7.90. The smallest absolute Gasteiger partial charge is 0.429 e. The van der Waals surface area contributed by atoms with E-state index in [-0.39, 0.29) is 17.0 Å². The van der Waals surface area contributed by atoms with Gasteiger partial charge >= 0.3 is 6.11 Å². The molecule has 0 N–H and O–H groups in total. The first-order chi connectivity index (χ1) is 14.7. The summed E-state index contributed by atoms with van der Waals surface area (Å²) in [7, 11) is 0. The lowest BCUT2D eigenvalue weighted by molar-refractivity contribution is -0.189. The van der Waals surface area contributed by atoms with E-state index in [1.807, 2.05) is 0 Å². The monoisotopic (exact) mass is 440 g/mol. The highest BCUT2D eigenvalue weighted by atomic mass is 19.3. The molecular weight excluding hydrogens is 425 g/mol. The molecule has 1 fully saturated rings. The highest BCUT2D eigenvalue weighted by Gasteiger charge is 2.41. The number of alkyl halides is 2. The summed E-state index contributed by atoms with van der Waals surface area (Å²) in [6.07, 6.45) is -1.62. The maximum Gasteiger partial charge on any atom is 0.432 e. The van der Waals surface area contributed by atoms with E-state index < -0.39 is 46.5 Å². The molecule has 0 saturated heterocycles. The topological polar surface area (TPSA) is 9.23 Å². The van der Waals surface area contributed by atoms with Gasteiger partial charge in [-0.1, -0.05) is 18.6 Å². The highest BCUT2D eigenvalue weighted by Crippen LogP contribution is 2.40. The van der Waals surface area contributed by atoms with Gasteiger partial charge < -0.3 is 4.74 Å². The van der Waals surface area contributed by atoms with Gasteiger partial charge in [-0.3, -0.25) is 0 Å². The summed E-state index contributed by atoms with van der Waals surface area (Å²) in [5.41, 5.74) is -1.36. The Hall–Kier alpha value is -3.03. The average molecular weight is 440 g/mol. The van der Waals surface area contributed by atoms with Crippen LogP contribution in [0.5, 0.6) is 5.75 Å². The van der Waals surface area contributed by atoms with Gasteiger partial charge in [-0.25, -0.2) is 22.0 Å². The molecule has 3 aromatic carbocycles. The lowest BCUT2D eigenvalue weighted by Gasteiger charge is -2.26. The second-order valence-electron chi connectivity index (χ2n) is 7.38. The van der Waals surface area contributed by atoms with Crippen molar-refractivity contribution in [1.82, 2.24) is 0 Å². The van der Waals surface area contributed by atoms with E-state index in [4.69, 9.17) is 0 Å². The first-order valence-electron chi connectivity index (χ1n) is 9.47. The number of rotatable bonds is 5. The Bertz CT molecular complexity index is 1120. The van der Waals surface area contributed by atoms with Gasteiger partial charge in [-0.05, 0) is 60.2 Å². The predicted octanol–water partition coefficient (Wildman–Crippen LogP) is 7.44. The molecule has 1 aliphatic carbocycles. The van der Waals surface area contributed by atoms with E-state index in [2.05, 4.69) is 4.74 Å². The van der Waals surface area contributed by atoms with Crippen LogP contribution in [-0.2, 0) is 6.11 Å². The minimum Gasteiger partial charge on any atom is -0.429 e. The van der Waals surface area contributed by atoms with Crippen LogP contribution >= 0.6 is 0 Å². The second-order valence-corrected chi connectivity index (χ2v) is 7.38. The fourth-order valence-electron chi connectivity index (χ4n) is 3.51. The van der Waals surface area contributed by atoms with Gasteiger partial charge in [-0.2, -0.15) is 8.78 Å². The van der Waals surface area contributed by atoms with Crippen molar-refractivity contribution in [3.8, 4) is 16.9 Å². The zero-order chi connectivity index (χ0) is 22.3. The van der Waals surface area contributed by atoms with E-state index in [1.54, 1.807) is 6.07 Å². The molecule has 3 aromatic rings. The Kier molecular flexibility index (Phi) is 5.41. The molecule has 0 spiro atoms. The predicted molar refractivity (Wildman–Crippen MR) is 99.2 cm³/mol. The van der Waals surface area contributed by atoms with Gasteiger partial charge in [0.05, 0.1) is 0 Å². The number of ether oxygens (including phenoxy) is 1. The largest absolute Gasteiger partial charge is 0.432 e. The first-order valence-corrected chi connectivity index (χ1v) is 9.47. The number of halogens is 7. The van der Waals surface area contributed by atoms with Crippen LogP contribution in [-0.4, -0.2) is 0 Å². The minimum absolute atomic E-state index is 0.141.